The van der Waals surface area contributed by atoms with Crippen LogP contribution in [-0.4, -0.2) is 18.0 Å². The number of nitriles is 1. The summed E-state index contributed by atoms with van der Waals surface area (Å²) in [6.07, 6.45) is 0. The first kappa shape index (κ1) is 11.5. The number of ether oxygens (including phenoxy) is 1. The number of carbonyl (C=O) groups is 1. The van der Waals surface area contributed by atoms with Crippen LogP contribution in [0.4, 0.5) is 11.4 Å². The van der Waals surface area contributed by atoms with Crippen molar-refractivity contribution in [2.24, 2.45) is 0 Å². The molecule has 0 aromatic heterocycles. The molecular formula is C9H7N3O4. The van der Waals surface area contributed by atoms with Crippen molar-refractivity contribution in [2.45, 2.75) is 0 Å². The van der Waals surface area contributed by atoms with E-state index in [1.807, 2.05) is 0 Å². The number of esters is 1. The summed E-state index contributed by atoms with van der Waals surface area (Å²) >= 11 is 0. The Balaban J connectivity index is 3.45. The molecule has 1 rings (SSSR count). The molecule has 0 unspecified atom stereocenters. The minimum Gasteiger partial charge on any atom is -0.465 e. The van der Waals surface area contributed by atoms with Crippen LogP contribution in [-0.2, 0) is 4.74 Å². The normalized spacial score (nSPS) is 9.25. The summed E-state index contributed by atoms with van der Waals surface area (Å²) in [6, 6.07) is 3.78. The van der Waals surface area contributed by atoms with E-state index in [9.17, 15) is 14.9 Å². The molecule has 0 fully saturated rings. The molecule has 0 spiro atoms. The lowest BCUT2D eigenvalue weighted by atomic mass is 10.1. The van der Waals surface area contributed by atoms with Crippen molar-refractivity contribution in [1.29, 1.82) is 5.26 Å². The van der Waals surface area contributed by atoms with Crippen LogP contribution in [0.15, 0.2) is 12.1 Å². The van der Waals surface area contributed by atoms with E-state index < -0.39 is 16.6 Å². The fourth-order valence-electron chi connectivity index (χ4n) is 1.18. The van der Waals surface area contributed by atoms with E-state index in [1.165, 1.54) is 0 Å². The van der Waals surface area contributed by atoms with E-state index in [2.05, 4.69) is 4.74 Å². The number of nitrogens with two attached hydrogens (primary N) is 1. The largest absolute Gasteiger partial charge is 0.465 e. The summed E-state index contributed by atoms with van der Waals surface area (Å²) < 4.78 is 4.42. The maximum Gasteiger partial charge on any atom is 0.337 e. The van der Waals surface area contributed by atoms with Gasteiger partial charge >= 0.3 is 11.7 Å². The number of benzene rings is 1. The van der Waals surface area contributed by atoms with E-state index >= 15 is 0 Å². The topological polar surface area (TPSA) is 119 Å². The molecule has 0 saturated heterocycles. The van der Waals surface area contributed by atoms with Crippen molar-refractivity contribution < 1.29 is 14.5 Å². The number of hydrogen-bond donors (Lipinski definition) is 1. The summed E-state index contributed by atoms with van der Waals surface area (Å²) in [5.74, 6) is -0.710. The molecule has 0 aliphatic heterocycles. The second-order valence-corrected chi connectivity index (χ2v) is 2.82. The van der Waals surface area contributed by atoms with Gasteiger partial charge < -0.3 is 10.5 Å². The molecule has 16 heavy (non-hydrogen) atoms. The van der Waals surface area contributed by atoms with Crippen LogP contribution in [0, 0.1) is 21.4 Å². The molecular weight excluding hydrogens is 214 g/mol. The fraction of sp³-hybridized carbons (Fsp3) is 0.111. The van der Waals surface area contributed by atoms with E-state index in [-0.39, 0.29) is 16.8 Å². The van der Waals surface area contributed by atoms with Crippen molar-refractivity contribution in [1.82, 2.24) is 0 Å². The van der Waals surface area contributed by atoms with Gasteiger partial charge in [-0.25, -0.2) is 4.79 Å². The predicted octanol–water partition coefficient (Wildman–Crippen LogP) is 0.835. The summed E-state index contributed by atoms with van der Waals surface area (Å²) in [5, 5.41) is 19.3. The molecule has 0 bridgehead atoms. The third kappa shape index (κ3) is 1.90. The third-order valence-corrected chi connectivity index (χ3v) is 1.86. The Kier molecular flexibility index (Phi) is 3.06. The highest BCUT2D eigenvalue weighted by Crippen LogP contribution is 2.27. The van der Waals surface area contributed by atoms with Crippen molar-refractivity contribution in [3.63, 3.8) is 0 Å². The van der Waals surface area contributed by atoms with Crippen molar-refractivity contribution in [3.8, 4) is 6.07 Å². The number of rotatable bonds is 2. The van der Waals surface area contributed by atoms with Gasteiger partial charge in [-0.2, -0.15) is 5.26 Å². The molecule has 7 heteroatoms. The van der Waals surface area contributed by atoms with Gasteiger partial charge in [-0.15, -0.1) is 0 Å². The van der Waals surface area contributed by atoms with Crippen molar-refractivity contribution in [2.75, 3.05) is 12.8 Å². The molecule has 82 valence electrons. The Morgan fingerprint density at radius 3 is 2.69 bits per heavy atom. The first-order chi connectivity index (χ1) is 7.51. The van der Waals surface area contributed by atoms with E-state index in [4.69, 9.17) is 11.0 Å². The van der Waals surface area contributed by atoms with E-state index in [0.29, 0.717) is 0 Å². The standard InChI is InChI=1S/C9H7N3O4/c1-16-9(13)5-2-6(4-10)8(12(14)15)7(11)3-5/h2-3H,11H2,1H3. The van der Waals surface area contributed by atoms with Gasteiger partial charge in [0.05, 0.1) is 17.6 Å². The molecule has 0 aliphatic carbocycles. The molecule has 1 aromatic rings. The molecule has 0 atom stereocenters. The maximum atomic E-state index is 11.2. The molecule has 7 nitrogen and oxygen atoms in total. The number of carbonyl (C=O) groups excluding carboxylic acids is 1. The zero-order chi connectivity index (χ0) is 12.3. The van der Waals surface area contributed by atoms with Crippen LogP contribution < -0.4 is 5.73 Å². The molecule has 0 aliphatic rings. The Morgan fingerprint density at radius 1 is 1.62 bits per heavy atom. The minimum absolute atomic E-state index is 0.00199. The molecule has 0 amide bonds. The lowest BCUT2D eigenvalue weighted by Crippen LogP contribution is -2.06. The Bertz CT molecular complexity index is 504. The van der Waals surface area contributed by atoms with Crippen LogP contribution in [0.1, 0.15) is 15.9 Å². The summed E-state index contributed by atoms with van der Waals surface area (Å²) in [7, 11) is 1.16. The van der Waals surface area contributed by atoms with Crippen LogP contribution >= 0.6 is 0 Å². The third-order valence-electron chi connectivity index (χ3n) is 1.86. The van der Waals surface area contributed by atoms with Gasteiger partial charge in [-0.1, -0.05) is 0 Å². The predicted molar refractivity (Wildman–Crippen MR) is 53.6 cm³/mol. The number of nitrogens with zero attached hydrogens (tertiary/aromatic N) is 2. The first-order valence-electron chi connectivity index (χ1n) is 4.07. The van der Waals surface area contributed by atoms with Gasteiger partial charge in [-0.05, 0) is 12.1 Å². The average Bonchev–Trinajstić information content (AvgIpc) is 2.26. The van der Waals surface area contributed by atoms with Gasteiger partial charge in [-0.3, -0.25) is 10.1 Å². The number of nitrogen functional groups attached to an aromatic ring is 1. The molecule has 0 radical (unpaired) electrons. The highest BCUT2D eigenvalue weighted by Gasteiger charge is 2.21. The molecule has 0 heterocycles. The smallest absolute Gasteiger partial charge is 0.337 e. The lowest BCUT2D eigenvalue weighted by molar-refractivity contribution is -0.384. The van der Waals surface area contributed by atoms with E-state index in [0.717, 1.165) is 19.2 Å². The van der Waals surface area contributed by atoms with E-state index in [1.54, 1.807) is 6.07 Å². The van der Waals surface area contributed by atoms with Crippen LogP contribution in [0.2, 0.25) is 0 Å². The Hall–Kier alpha value is -2.62. The zero-order valence-electron chi connectivity index (χ0n) is 8.26. The quantitative estimate of drug-likeness (QED) is 0.342. The second-order valence-electron chi connectivity index (χ2n) is 2.82. The Labute approximate surface area is 90.2 Å². The zero-order valence-corrected chi connectivity index (χ0v) is 8.26. The van der Waals surface area contributed by atoms with Gasteiger partial charge in [0.15, 0.2) is 0 Å². The van der Waals surface area contributed by atoms with Gasteiger partial charge in [0, 0.05) is 0 Å². The average molecular weight is 221 g/mol. The summed E-state index contributed by atoms with van der Waals surface area (Å²) in [5.41, 5.74) is 4.37. The maximum absolute atomic E-state index is 11.2. The molecule has 0 saturated carbocycles. The summed E-state index contributed by atoms with van der Waals surface area (Å²) in [6.45, 7) is 0. The monoisotopic (exact) mass is 221 g/mol. The second kappa shape index (κ2) is 4.27. The number of hydrogen-bond acceptors (Lipinski definition) is 6. The number of nitro groups is 1. The van der Waals surface area contributed by atoms with Crippen LogP contribution in [0.5, 0.6) is 0 Å². The Morgan fingerprint density at radius 2 is 2.25 bits per heavy atom. The highest BCUT2D eigenvalue weighted by molar-refractivity contribution is 5.92. The SMILES string of the molecule is COC(=O)c1cc(N)c([N+](=O)[O-])c(C#N)c1. The first-order valence-corrected chi connectivity index (χ1v) is 4.07. The molecule has 1 aromatic carbocycles. The number of nitro benzene ring substituents is 1. The number of anilines is 1. The van der Waals surface area contributed by atoms with Crippen LogP contribution in [0.25, 0.3) is 0 Å². The number of methoxy groups -OCH3 is 1. The van der Waals surface area contributed by atoms with Crippen LogP contribution in [0.3, 0.4) is 0 Å². The minimum atomic E-state index is -0.769. The van der Waals surface area contributed by atoms with Crippen molar-refractivity contribution >= 4 is 17.3 Å². The summed E-state index contributed by atoms with van der Waals surface area (Å²) in [4.78, 5) is 21.0. The van der Waals surface area contributed by atoms with Gasteiger partial charge in [0.2, 0.25) is 0 Å². The van der Waals surface area contributed by atoms with Gasteiger partial charge in [0.1, 0.15) is 17.3 Å². The molecule has 2 N–H and O–H groups in total. The lowest BCUT2D eigenvalue weighted by Gasteiger charge is -2.03. The highest BCUT2D eigenvalue weighted by atomic mass is 16.6. The van der Waals surface area contributed by atoms with Crippen molar-refractivity contribution in [3.05, 3.63) is 33.4 Å². The van der Waals surface area contributed by atoms with Gasteiger partial charge in [0.25, 0.3) is 0 Å². The fourth-order valence-corrected chi connectivity index (χ4v) is 1.18.